The Labute approximate surface area is 149 Å². The average molecular weight is 344 g/mol. The molecule has 0 spiro atoms. The Morgan fingerprint density at radius 1 is 1.04 bits per heavy atom. The van der Waals surface area contributed by atoms with Crippen molar-refractivity contribution < 1.29 is 9.59 Å². The summed E-state index contributed by atoms with van der Waals surface area (Å²) < 4.78 is 0. The molecule has 1 aromatic rings. The van der Waals surface area contributed by atoms with Gasteiger partial charge in [0.2, 0.25) is 11.8 Å². The Kier molecular flexibility index (Phi) is 6.28. The number of carbonyl (C=O) groups is 2. The minimum absolute atomic E-state index is 0.0256. The van der Waals surface area contributed by atoms with Crippen LogP contribution in [0.2, 0.25) is 0 Å². The van der Waals surface area contributed by atoms with E-state index in [0.29, 0.717) is 19.5 Å². The number of piperazine rings is 1. The van der Waals surface area contributed by atoms with Gasteiger partial charge in [-0.15, -0.1) is 0 Å². The number of para-hydroxylation sites is 1. The van der Waals surface area contributed by atoms with E-state index >= 15 is 0 Å². The lowest BCUT2D eigenvalue weighted by atomic mass is 10.2. The third-order valence-electron chi connectivity index (χ3n) is 4.83. The summed E-state index contributed by atoms with van der Waals surface area (Å²) in [4.78, 5) is 28.2. The molecule has 1 heterocycles. The second-order valence-corrected chi connectivity index (χ2v) is 6.88. The lowest BCUT2D eigenvalue weighted by Gasteiger charge is -2.36. The van der Waals surface area contributed by atoms with Gasteiger partial charge >= 0.3 is 0 Å². The van der Waals surface area contributed by atoms with E-state index in [0.717, 1.165) is 38.6 Å². The molecular formula is C19H28N4O2. The quantitative estimate of drug-likeness (QED) is 0.734. The van der Waals surface area contributed by atoms with Crippen LogP contribution in [-0.4, -0.2) is 62.5 Å². The largest absolute Gasteiger partial charge is 0.368 e. The van der Waals surface area contributed by atoms with Crippen molar-refractivity contribution in [2.45, 2.75) is 19.3 Å². The summed E-state index contributed by atoms with van der Waals surface area (Å²) in [5.74, 6) is 0.866. The van der Waals surface area contributed by atoms with Crippen LogP contribution in [0.5, 0.6) is 0 Å². The van der Waals surface area contributed by atoms with E-state index in [9.17, 15) is 9.59 Å². The zero-order chi connectivity index (χ0) is 17.5. The van der Waals surface area contributed by atoms with Crippen molar-refractivity contribution in [3.05, 3.63) is 30.3 Å². The van der Waals surface area contributed by atoms with Gasteiger partial charge in [-0.3, -0.25) is 9.59 Å². The molecular weight excluding hydrogens is 316 g/mol. The molecule has 136 valence electrons. The highest BCUT2D eigenvalue weighted by Gasteiger charge is 2.22. The summed E-state index contributed by atoms with van der Waals surface area (Å²) in [5.41, 5.74) is 1.21. The predicted molar refractivity (Wildman–Crippen MR) is 98.5 cm³/mol. The Hall–Kier alpha value is -2.08. The number of nitrogens with zero attached hydrogens (tertiary/aromatic N) is 2. The highest BCUT2D eigenvalue weighted by Crippen LogP contribution is 2.27. The first-order valence-electron chi connectivity index (χ1n) is 9.27. The van der Waals surface area contributed by atoms with Gasteiger partial charge in [0.1, 0.15) is 0 Å². The molecule has 1 saturated heterocycles. The molecule has 0 aromatic heterocycles. The highest BCUT2D eigenvalue weighted by atomic mass is 16.2. The number of nitrogens with one attached hydrogen (secondary N) is 2. The molecule has 0 bridgehead atoms. The van der Waals surface area contributed by atoms with E-state index in [-0.39, 0.29) is 11.8 Å². The van der Waals surface area contributed by atoms with E-state index < -0.39 is 0 Å². The molecule has 2 N–H and O–H groups in total. The van der Waals surface area contributed by atoms with Crippen molar-refractivity contribution >= 4 is 17.5 Å². The van der Waals surface area contributed by atoms with E-state index in [1.807, 2.05) is 23.1 Å². The minimum atomic E-state index is -0.0256. The van der Waals surface area contributed by atoms with Gasteiger partial charge < -0.3 is 20.4 Å². The van der Waals surface area contributed by atoms with E-state index in [4.69, 9.17) is 0 Å². The minimum Gasteiger partial charge on any atom is -0.368 e. The molecule has 1 saturated carbocycles. The van der Waals surface area contributed by atoms with Crippen LogP contribution in [0.15, 0.2) is 30.3 Å². The van der Waals surface area contributed by atoms with Crippen LogP contribution in [0.4, 0.5) is 5.69 Å². The molecule has 1 aliphatic carbocycles. The van der Waals surface area contributed by atoms with Crippen molar-refractivity contribution in [3.63, 3.8) is 0 Å². The van der Waals surface area contributed by atoms with Crippen molar-refractivity contribution in [2.24, 2.45) is 5.92 Å². The molecule has 25 heavy (non-hydrogen) atoms. The predicted octanol–water partition coefficient (Wildman–Crippen LogP) is 0.841. The third-order valence-corrected chi connectivity index (χ3v) is 4.83. The number of hydrogen-bond donors (Lipinski definition) is 2. The number of benzene rings is 1. The molecule has 0 unspecified atom stereocenters. The monoisotopic (exact) mass is 344 g/mol. The highest BCUT2D eigenvalue weighted by molar-refractivity contribution is 5.80. The van der Waals surface area contributed by atoms with Crippen LogP contribution >= 0.6 is 0 Å². The van der Waals surface area contributed by atoms with Crippen molar-refractivity contribution in [3.8, 4) is 0 Å². The Bertz CT molecular complexity index is 566. The molecule has 6 heteroatoms. The first-order chi connectivity index (χ1) is 12.2. The molecule has 3 rings (SSSR count). The first-order valence-corrected chi connectivity index (χ1v) is 9.27. The van der Waals surface area contributed by atoms with Gasteiger partial charge in [-0.1, -0.05) is 18.2 Å². The molecule has 2 fully saturated rings. The summed E-state index contributed by atoms with van der Waals surface area (Å²) in [6.45, 7) is 4.88. The Balaban J connectivity index is 1.29. The fourth-order valence-electron chi connectivity index (χ4n) is 3.09. The van der Waals surface area contributed by atoms with Crippen LogP contribution in [0.25, 0.3) is 0 Å². The second kappa shape index (κ2) is 8.85. The van der Waals surface area contributed by atoms with Crippen LogP contribution in [0.1, 0.15) is 19.3 Å². The lowest BCUT2D eigenvalue weighted by molar-refractivity contribution is -0.131. The molecule has 2 aliphatic rings. The molecule has 0 atom stereocenters. The second-order valence-electron chi connectivity index (χ2n) is 6.88. The number of amides is 2. The number of hydrogen-bond acceptors (Lipinski definition) is 4. The van der Waals surface area contributed by atoms with Crippen LogP contribution in [-0.2, 0) is 9.59 Å². The first kappa shape index (κ1) is 17.7. The van der Waals surface area contributed by atoms with Crippen molar-refractivity contribution in [1.82, 2.24) is 15.5 Å². The summed E-state index contributed by atoms with van der Waals surface area (Å²) in [7, 11) is 0. The summed E-state index contributed by atoms with van der Waals surface area (Å²) in [5, 5.41) is 5.98. The molecule has 2 amide bonds. The van der Waals surface area contributed by atoms with Gasteiger partial charge in [-0.05, 0) is 37.4 Å². The van der Waals surface area contributed by atoms with Crippen molar-refractivity contribution in [1.29, 1.82) is 0 Å². The maximum atomic E-state index is 12.3. The van der Waals surface area contributed by atoms with Crippen LogP contribution in [0.3, 0.4) is 0 Å². The number of rotatable bonds is 8. The summed E-state index contributed by atoms with van der Waals surface area (Å²) in [6, 6.07) is 10.3. The standard InChI is InChI=1S/C19H28N4O2/c24-18(15-20-14-16-6-7-16)21-9-8-19(25)23-12-10-22(11-13-23)17-4-2-1-3-5-17/h1-5,16,20H,6-15H2,(H,21,24). The Morgan fingerprint density at radius 3 is 2.44 bits per heavy atom. The van der Waals surface area contributed by atoms with Gasteiger partial charge in [0.15, 0.2) is 0 Å². The van der Waals surface area contributed by atoms with Gasteiger partial charge in [0.25, 0.3) is 0 Å². The Morgan fingerprint density at radius 2 is 1.76 bits per heavy atom. The smallest absolute Gasteiger partial charge is 0.233 e. The summed E-state index contributed by atoms with van der Waals surface area (Å²) >= 11 is 0. The molecule has 6 nitrogen and oxygen atoms in total. The van der Waals surface area contributed by atoms with Gasteiger partial charge in [-0.25, -0.2) is 0 Å². The SMILES string of the molecule is O=C(CNCC1CC1)NCCC(=O)N1CCN(c2ccccc2)CC1. The van der Waals surface area contributed by atoms with Crippen LogP contribution < -0.4 is 15.5 Å². The van der Waals surface area contributed by atoms with E-state index in [2.05, 4.69) is 27.7 Å². The molecule has 1 aliphatic heterocycles. The fourth-order valence-corrected chi connectivity index (χ4v) is 3.09. The van der Waals surface area contributed by atoms with Gasteiger partial charge in [-0.2, -0.15) is 0 Å². The average Bonchev–Trinajstić information content (AvgIpc) is 3.47. The molecule has 1 aromatic carbocycles. The third kappa shape index (κ3) is 5.74. The van der Waals surface area contributed by atoms with E-state index in [1.165, 1.54) is 18.5 Å². The maximum absolute atomic E-state index is 12.3. The normalized spacial score (nSPS) is 17.4. The summed E-state index contributed by atoms with van der Waals surface area (Å²) in [6.07, 6.45) is 2.93. The van der Waals surface area contributed by atoms with Gasteiger partial charge in [0, 0.05) is 44.8 Å². The lowest BCUT2D eigenvalue weighted by Crippen LogP contribution is -2.49. The maximum Gasteiger partial charge on any atom is 0.233 e. The topological polar surface area (TPSA) is 64.7 Å². The molecule has 0 radical (unpaired) electrons. The van der Waals surface area contributed by atoms with E-state index in [1.54, 1.807) is 0 Å². The van der Waals surface area contributed by atoms with Crippen molar-refractivity contribution in [2.75, 3.05) is 50.7 Å². The fraction of sp³-hybridized carbons (Fsp3) is 0.579. The zero-order valence-electron chi connectivity index (χ0n) is 14.7. The number of anilines is 1. The number of carbonyl (C=O) groups excluding carboxylic acids is 2. The van der Waals surface area contributed by atoms with Crippen LogP contribution in [0, 0.1) is 5.92 Å². The van der Waals surface area contributed by atoms with Gasteiger partial charge in [0.05, 0.1) is 6.54 Å². The zero-order valence-corrected chi connectivity index (χ0v) is 14.7.